The lowest BCUT2D eigenvalue weighted by Crippen LogP contribution is -2.25. The van der Waals surface area contributed by atoms with E-state index in [2.05, 4.69) is 10.3 Å². The standard InChI is InChI=1S/C15H21Cl2N3/c1-9(2)14(18)13-11(16)8-12(17)20-15(13)19-10-6-4-3-5-7-10/h8-10,18H,3-7H2,1-2H3,(H,19,20). The molecule has 1 aromatic heterocycles. The number of anilines is 1. The molecular formula is C15H21Cl2N3. The number of rotatable bonds is 4. The average Bonchev–Trinajstić information content (AvgIpc) is 2.38. The Morgan fingerprint density at radius 1 is 1.30 bits per heavy atom. The van der Waals surface area contributed by atoms with Crippen LogP contribution in [0.5, 0.6) is 0 Å². The van der Waals surface area contributed by atoms with Gasteiger partial charge >= 0.3 is 0 Å². The SMILES string of the molecule is CC(C)C(=N)c1c(Cl)cc(Cl)nc1NC1CCCCC1. The summed E-state index contributed by atoms with van der Waals surface area (Å²) in [7, 11) is 0. The molecule has 20 heavy (non-hydrogen) atoms. The van der Waals surface area contributed by atoms with Crippen molar-refractivity contribution in [2.45, 2.75) is 52.0 Å². The molecule has 110 valence electrons. The molecule has 0 saturated heterocycles. The predicted octanol–water partition coefficient (Wildman–Crippen LogP) is 5.16. The summed E-state index contributed by atoms with van der Waals surface area (Å²) in [6, 6.07) is 2.02. The molecule has 0 radical (unpaired) electrons. The smallest absolute Gasteiger partial charge is 0.138 e. The van der Waals surface area contributed by atoms with Gasteiger partial charge in [0, 0.05) is 11.8 Å². The lowest BCUT2D eigenvalue weighted by molar-refractivity contribution is 0.462. The molecule has 1 aliphatic carbocycles. The number of hydrogen-bond acceptors (Lipinski definition) is 3. The van der Waals surface area contributed by atoms with Crippen LogP contribution >= 0.6 is 23.2 Å². The first kappa shape index (κ1) is 15.6. The molecule has 2 rings (SSSR count). The first-order valence-electron chi connectivity index (χ1n) is 7.20. The van der Waals surface area contributed by atoms with Crippen LogP contribution in [0.1, 0.15) is 51.5 Å². The van der Waals surface area contributed by atoms with Crippen molar-refractivity contribution < 1.29 is 0 Å². The van der Waals surface area contributed by atoms with Crippen LogP contribution in [0.2, 0.25) is 10.2 Å². The van der Waals surface area contributed by atoms with Gasteiger partial charge in [0.2, 0.25) is 0 Å². The molecule has 1 fully saturated rings. The largest absolute Gasteiger partial charge is 0.367 e. The maximum atomic E-state index is 8.25. The molecule has 0 amide bonds. The number of halogens is 2. The number of pyridine rings is 1. The lowest BCUT2D eigenvalue weighted by atomic mass is 9.94. The van der Waals surface area contributed by atoms with Gasteiger partial charge < -0.3 is 10.7 Å². The number of nitrogens with one attached hydrogen (secondary N) is 2. The van der Waals surface area contributed by atoms with Crippen LogP contribution in [-0.2, 0) is 0 Å². The molecule has 0 unspecified atom stereocenters. The number of hydrogen-bond donors (Lipinski definition) is 2. The van der Waals surface area contributed by atoms with Crippen LogP contribution in [0.15, 0.2) is 6.07 Å². The summed E-state index contributed by atoms with van der Waals surface area (Å²) in [5.74, 6) is 0.760. The average molecular weight is 314 g/mol. The Labute approximate surface area is 130 Å². The third-order valence-electron chi connectivity index (χ3n) is 3.73. The highest BCUT2D eigenvalue weighted by Gasteiger charge is 2.21. The second kappa shape index (κ2) is 6.77. The third kappa shape index (κ3) is 3.64. The highest BCUT2D eigenvalue weighted by atomic mass is 35.5. The van der Waals surface area contributed by atoms with Crippen molar-refractivity contribution in [1.29, 1.82) is 5.41 Å². The topological polar surface area (TPSA) is 48.8 Å². The van der Waals surface area contributed by atoms with E-state index in [9.17, 15) is 0 Å². The minimum absolute atomic E-state index is 0.0994. The van der Waals surface area contributed by atoms with E-state index in [4.69, 9.17) is 28.6 Å². The van der Waals surface area contributed by atoms with Crippen LogP contribution in [0.4, 0.5) is 5.82 Å². The van der Waals surface area contributed by atoms with Crippen molar-refractivity contribution in [3.8, 4) is 0 Å². The van der Waals surface area contributed by atoms with E-state index in [-0.39, 0.29) is 5.92 Å². The zero-order valence-corrected chi connectivity index (χ0v) is 13.5. The summed E-state index contributed by atoms with van der Waals surface area (Å²) in [6.07, 6.45) is 6.06. The van der Waals surface area contributed by atoms with Gasteiger partial charge in [0.25, 0.3) is 0 Å². The van der Waals surface area contributed by atoms with Crippen LogP contribution < -0.4 is 5.32 Å². The van der Waals surface area contributed by atoms with Gasteiger partial charge in [-0.25, -0.2) is 4.98 Å². The van der Waals surface area contributed by atoms with Crippen molar-refractivity contribution in [3.63, 3.8) is 0 Å². The van der Waals surface area contributed by atoms with Crippen molar-refractivity contribution in [1.82, 2.24) is 4.98 Å². The first-order valence-corrected chi connectivity index (χ1v) is 7.96. The third-order valence-corrected chi connectivity index (χ3v) is 4.22. The highest BCUT2D eigenvalue weighted by Crippen LogP contribution is 2.30. The van der Waals surface area contributed by atoms with Crippen molar-refractivity contribution in [2.24, 2.45) is 5.92 Å². The summed E-state index contributed by atoms with van der Waals surface area (Å²) >= 11 is 12.3. The molecular weight excluding hydrogens is 293 g/mol. The summed E-state index contributed by atoms with van der Waals surface area (Å²) in [5, 5.41) is 12.6. The molecule has 1 heterocycles. The molecule has 1 saturated carbocycles. The number of aromatic nitrogens is 1. The Hall–Kier alpha value is -0.800. The minimum atomic E-state index is 0.0994. The molecule has 0 atom stereocenters. The second-order valence-corrected chi connectivity index (χ2v) is 6.49. The Morgan fingerprint density at radius 3 is 2.55 bits per heavy atom. The fraction of sp³-hybridized carbons (Fsp3) is 0.600. The summed E-state index contributed by atoms with van der Waals surface area (Å²) in [4.78, 5) is 4.36. The van der Waals surface area contributed by atoms with Crippen molar-refractivity contribution >= 4 is 34.7 Å². The van der Waals surface area contributed by atoms with Crippen molar-refractivity contribution in [3.05, 3.63) is 21.8 Å². The maximum Gasteiger partial charge on any atom is 0.138 e. The summed E-state index contributed by atoms with van der Waals surface area (Å²) in [5.41, 5.74) is 1.19. The van der Waals surface area contributed by atoms with Crippen LogP contribution in [0.3, 0.4) is 0 Å². The molecule has 2 N–H and O–H groups in total. The molecule has 1 aliphatic rings. The zero-order valence-electron chi connectivity index (χ0n) is 12.0. The highest BCUT2D eigenvalue weighted by molar-refractivity contribution is 6.37. The summed E-state index contributed by atoms with van der Waals surface area (Å²) < 4.78 is 0. The maximum absolute atomic E-state index is 8.25. The van der Waals surface area contributed by atoms with Gasteiger partial charge in [0.1, 0.15) is 11.0 Å². The van der Waals surface area contributed by atoms with Crippen LogP contribution in [0, 0.1) is 11.3 Å². The zero-order chi connectivity index (χ0) is 14.7. The van der Waals surface area contributed by atoms with Gasteiger partial charge in [0.05, 0.1) is 10.6 Å². The fourth-order valence-corrected chi connectivity index (χ4v) is 3.12. The molecule has 1 aromatic rings. The van der Waals surface area contributed by atoms with E-state index in [0.29, 0.717) is 33.3 Å². The van der Waals surface area contributed by atoms with Crippen LogP contribution in [0.25, 0.3) is 0 Å². The van der Waals surface area contributed by atoms with Gasteiger partial charge in [0.15, 0.2) is 0 Å². The molecule has 5 heteroatoms. The lowest BCUT2D eigenvalue weighted by Gasteiger charge is -2.25. The van der Waals surface area contributed by atoms with Gasteiger partial charge in [-0.15, -0.1) is 0 Å². The van der Waals surface area contributed by atoms with Crippen molar-refractivity contribution in [2.75, 3.05) is 5.32 Å². The van der Waals surface area contributed by atoms with Gasteiger partial charge in [-0.1, -0.05) is 56.3 Å². The first-order chi connectivity index (χ1) is 9.49. The fourth-order valence-electron chi connectivity index (χ4n) is 2.57. The van der Waals surface area contributed by atoms with E-state index in [1.807, 2.05) is 13.8 Å². The quantitative estimate of drug-likeness (QED) is 0.596. The second-order valence-electron chi connectivity index (χ2n) is 5.70. The van der Waals surface area contributed by atoms with E-state index >= 15 is 0 Å². The Kier molecular flexibility index (Phi) is 5.28. The summed E-state index contributed by atoms with van der Waals surface area (Å²) in [6.45, 7) is 3.97. The van der Waals surface area contributed by atoms with Gasteiger partial charge in [-0.2, -0.15) is 0 Å². The van der Waals surface area contributed by atoms with Crippen LogP contribution in [-0.4, -0.2) is 16.7 Å². The molecule has 0 spiro atoms. The Bertz CT molecular complexity index is 494. The molecule has 0 bridgehead atoms. The van der Waals surface area contributed by atoms with E-state index in [1.54, 1.807) is 6.07 Å². The van der Waals surface area contributed by atoms with Gasteiger partial charge in [-0.3, -0.25) is 0 Å². The Morgan fingerprint density at radius 2 is 1.95 bits per heavy atom. The monoisotopic (exact) mass is 313 g/mol. The molecule has 3 nitrogen and oxygen atoms in total. The normalized spacial score (nSPS) is 16.4. The molecule has 0 aromatic carbocycles. The minimum Gasteiger partial charge on any atom is -0.367 e. The van der Waals surface area contributed by atoms with E-state index < -0.39 is 0 Å². The predicted molar refractivity (Wildman–Crippen MR) is 86.4 cm³/mol. The molecule has 0 aliphatic heterocycles. The van der Waals surface area contributed by atoms with Gasteiger partial charge in [-0.05, 0) is 24.8 Å². The van der Waals surface area contributed by atoms with E-state index in [1.165, 1.54) is 19.3 Å². The number of nitrogens with zero attached hydrogens (tertiary/aromatic N) is 1. The van der Waals surface area contributed by atoms with E-state index in [0.717, 1.165) is 12.8 Å². The Balaban J connectivity index is 2.31.